The molecule has 0 aliphatic rings. The third-order valence-electron chi connectivity index (χ3n) is 4.02. The number of carbonyl (C=O) groups excluding carboxylic acids is 6. The molecule has 0 saturated carbocycles. The fourth-order valence-electron chi connectivity index (χ4n) is 2.17. The lowest BCUT2D eigenvalue weighted by Crippen LogP contribution is -2.52. The van der Waals surface area contributed by atoms with E-state index in [0.717, 1.165) is 0 Å². The van der Waals surface area contributed by atoms with E-state index < -0.39 is 67.2 Å². The first kappa shape index (κ1) is 29.0. The summed E-state index contributed by atoms with van der Waals surface area (Å²) in [6.07, 6.45) is -5.10. The predicted molar refractivity (Wildman–Crippen MR) is 108 cm³/mol. The summed E-state index contributed by atoms with van der Waals surface area (Å²) in [5, 5.41) is 0. The molecule has 0 amide bonds. The summed E-state index contributed by atoms with van der Waals surface area (Å²) < 4.78 is 25.6. The van der Waals surface area contributed by atoms with Gasteiger partial charge >= 0.3 is 29.8 Å². The molecule has 11 heteroatoms. The van der Waals surface area contributed by atoms with Crippen molar-refractivity contribution in [1.29, 1.82) is 0 Å². The fourth-order valence-corrected chi connectivity index (χ4v) is 2.17. The first-order valence-electron chi connectivity index (χ1n) is 10.6. The minimum Gasteiger partial charge on any atom is -0.462 e. The summed E-state index contributed by atoms with van der Waals surface area (Å²) in [7, 11) is 0. The van der Waals surface area contributed by atoms with Crippen molar-refractivity contribution < 1.29 is 52.5 Å². The second-order valence-electron chi connectivity index (χ2n) is 6.47. The number of ketones is 1. The summed E-state index contributed by atoms with van der Waals surface area (Å²) in [5.74, 6) is -4.54. The second kappa shape index (κ2) is 15.8. The molecule has 0 unspecified atom stereocenters. The van der Waals surface area contributed by atoms with Crippen molar-refractivity contribution >= 4 is 35.6 Å². The zero-order valence-corrected chi connectivity index (χ0v) is 19.2. The Kier molecular flexibility index (Phi) is 14.3. The maximum absolute atomic E-state index is 12.8. The number of hydrogen-bond donors (Lipinski definition) is 0. The molecule has 0 bridgehead atoms. The summed E-state index contributed by atoms with van der Waals surface area (Å²) in [6, 6.07) is 0. The third kappa shape index (κ3) is 10.9. The van der Waals surface area contributed by atoms with Gasteiger partial charge < -0.3 is 23.7 Å². The van der Waals surface area contributed by atoms with Crippen LogP contribution in [0.2, 0.25) is 0 Å². The van der Waals surface area contributed by atoms with Crippen LogP contribution >= 0.6 is 0 Å². The number of hydrogen-bond acceptors (Lipinski definition) is 11. The molecule has 0 fully saturated rings. The first-order valence-corrected chi connectivity index (χ1v) is 10.6. The van der Waals surface area contributed by atoms with E-state index in [0.29, 0.717) is 0 Å². The van der Waals surface area contributed by atoms with Gasteiger partial charge in [-0.3, -0.25) is 28.8 Å². The Morgan fingerprint density at radius 3 is 1.50 bits per heavy atom. The molecule has 0 rings (SSSR count). The molecule has 0 spiro atoms. The Labute approximate surface area is 187 Å². The number of Topliss-reactive ketones (excluding diaryl/α,β-unsaturated/α-hetero) is 1. The van der Waals surface area contributed by atoms with Crippen molar-refractivity contribution in [3.8, 4) is 0 Å². The lowest BCUT2D eigenvalue weighted by atomic mass is 10.0. The molecule has 0 radical (unpaired) electrons. The maximum atomic E-state index is 12.8. The topological polar surface area (TPSA) is 149 Å². The van der Waals surface area contributed by atoms with Gasteiger partial charge in [-0.2, -0.15) is 0 Å². The number of esters is 5. The normalized spacial score (nSPS) is 13.2. The van der Waals surface area contributed by atoms with Crippen molar-refractivity contribution in [3.63, 3.8) is 0 Å². The Balaban J connectivity index is 6.10. The molecule has 3 atom stereocenters. The van der Waals surface area contributed by atoms with E-state index in [1.807, 2.05) is 0 Å². The van der Waals surface area contributed by atoms with E-state index >= 15 is 0 Å². The third-order valence-corrected chi connectivity index (χ3v) is 4.02. The fraction of sp³-hybridized carbons (Fsp3) is 0.714. The molecule has 0 aliphatic heterocycles. The molecule has 0 aliphatic carbocycles. The predicted octanol–water partition coefficient (Wildman–Crippen LogP) is 1.43. The van der Waals surface area contributed by atoms with Crippen molar-refractivity contribution in [3.05, 3.63) is 0 Å². The quantitative estimate of drug-likeness (QED) is 0.258. The maximum Gasteiger partial charge on any atom is 0.306 e. The summed E-state index contributed by atoms with van der Waals surface area (Å²) in [4.78, 5) is 71.9. The molecule has 0 saturated heterocycles. The second-order valence-corrected chi connectivity index (χ2v) is 6.47. The van der Waals surface area contributed by atoms with E-state index in [2.05, 4.69) is 0 Å². The van der Waals surface area contributed by atoms with Crippen LogP contribution in [0, 0.1) is 0 Å². The van der Waals surface area contributed by atoms with Gasteiger partial charge in [0.05, 0.1) is 0 Å². The smallest absolute Gasteiger partial charge is 0.306 e. The van der Waals surface area contributed by atoms with Crippen LogP contribution in [-0.4, -0.2) is 67.2 Å². The first-order chi connectivity index (χ1) is 15.1. The number of ether oxygens (including phenoxy) is 5. The van der Waals surface area contributed by atoms with E-state index in [4.69, 9.17) is 23.7 Å². The van der Waals surface area contributed by atoms with Crippen LogP contribution in [-0.2, 0) is 52.5 Å². The van der Waals surface area contributed by atoms with Crippen LogP contribution < -0.4 is 0 Å². The van der Waals surface area contributed by atoms with Gasteiger partial charge in [0.2, 0.25) is 11.9 Å². The van der Waals surface area contributed by atoms with Gasteiger partial charge in [-0.15, -0.1) is 0 Å². The van der Waals surface area contributed by atoms with Gasteiger partial charge in [0.15, 0.2) is 18.8 Å². The summed E-state index contributed by atoms with van der Waals surface area (Å²) >= 11 is 0. The van der Waals surface area contributed by atoms with Crippen LogP contribution in [0.5, 0.6) is 0 Å². The van der Waals surface area contributed by atoms with Gasteiger partial charge in [-0.05, 0) is 0 Å². The van der Waals surface area contributed by atoms with Crippen LogP contribution in [0.15, 0.2) is 0 Å². The van der Waals surface area contributed by atoms with Crippen molar-refractivity contribution in [2.24, 2.45) is 0 Å². The molecule has 0 aromatic rings. The molecular weight excluding hydrogens is 428 g/mol. The zero-order chi connectivity index (χ0) is 24.7. The van der Waals surface area contributed by atoms with E-state index in [-0.39, 0.29) is 32.1 Å². The molecule has 32 heavy (non-hydrogen) atoms. The van der Waals surface area contributed by atoms with Crippen molar-refractivity contribution in [1.82, 2.24) is 0 Å². The minimum atomic E-state index is -1.77. The van der Waals surface area contributed by atoms with Gasteiger partial charge in [0.1, 0.15) is 6.61 Å². The highest BCUT2D eigenvalue weighted by Crippen LogP contribution is 2.18. The van der Waals surface area contributed by atoms with Gasteiger partial charge in [0.25, 0.3) is 0 Å². The van der Waals surface area contributed by atoms with Crippen LogP contribution in [0.25, 0.3) is 0 Å². The van der Waals surface area contributed by atoms with Gasteiger partial charge in [-0.1, -0.05) is 34.6 Å². The zero-order valence-electron chi connectivity index (χ0n) is 19.2. The standard InChI is InChI=1S/C21H32O11/c1-6-15(23)28-11-13(22)20(31-18(26)9-4)21(32-19(27)10-5)14(30-17(25)8-3)12-29-16(24)7-2/h14,20-21H,6-12H2,1-5H3/t14-,20-,21-/m1/s1. The Bertz CT molecular complexity index is 671. The molecule has 0 N–H and O–H groups in total. The van der Waals surface area contributed by atoms with Crippen molar-refractivity contribution in [2.45, 2.75) is 85.0 Å². The van der Waals surface area contributed by atoms with E-state index in [1.165, 1.54) is 27.7 Å². The lowest BCUT2D eigenvalue weighted by Gasteiger charge is -2.31. The van der Waals surface area contributed by atoms with Crippen LogP contribution in [0.3, 0.4) is 0 Å². The lowest BCUT2D eigenvalue weighted by molar-refractivity contribution is -0.193. The Morgan fingerprint density at radius 2 is 1.00 bits per heavy atom. The van der Waals surface area contributed by atoms with E-state index in [9.17, 15) is 28.8 Å². The van der Waals surface area contributed by atoms with E-state index in [1.54, 1.807) is 6.92 Å². The molecule has 182 valence electrons. The Morgan fingerprint density at radius 1 is 0.562 bits per heavy atom. The number of carbonyl (C=O) groups is 6. The summed E-state index contributed by atoms with van der Waals surface area (Å²) in [5.41, 5.74) is 0. The highest BCUT2D eigenvalue weighted by molar-refractivity contribution is 5.89. The molecular formula is C21H32O11. The van der Waals surface area contributed by atoms with Crippen LogP contribution in [0.1, 0.15) is 66.7 Å². The minimum absolute atomic E-state index is 0.00461. The highest BCUT2D eigenvalue weighted by atomic mass is 16.6. The monoisotopic (exact) mass is 460 g/mol. The average molecular weight is 460 g/mol. The molecule has 11 nitrogen and oxygen atoms in total. The molecule has 0 aromatic heterocycles. The molecule has 0 heterocycles. The number of rotatable bonds is 15. The highest BCUT2D eigenvalue weighted by Gasteiger charge is 2.43. The Hall–Kier alpha value is -2.98. The SMILES string of the molecule is CCC(=O)OCC(=O)[C@@H](OC(=O)CC)[C@H](OC(=O)CC)[C@@H](COC(=O)CC)OC(=O)CC. The molecule has 0 aromatic carbocycles. The summed E-state index contributed by atoms with van der Waals surface area (Å²) in [6.45, 7) is 6.22. The average Bonchev–Trinajstić information content (AvgIpc) is 2.80. The van der Waals surface area contributed by atoms with Crippen molar-refractivity contribution in [2.75, 3.05) is 13.2 Å². The largest absolute Gasteiger partial charge is 0.462 e. The van der Waals surface area contributed by atoms with Gasteiger partial charge in [-0.25, -0.2) is 0 Å². The van der Waals surface area contributed by atoms with Crippen LogP contribution in [0.4, 0.5) is 0 Å². The van der Waals surface area contributed by atoms with Gasteiger partial charge in [0, 0.05) is 32.1 Å².